The molecule has 116 valence electrons. The highest BCUT2D eigenvalue weighted by molar-refractivity contribution is 5.82. The molecule has 0 radical (unpaired) electrons. The van der Waals surface area contributed by atoms with Crippen LogP contribution in [0, 0.1) is 0 Å². The average Bonchev–Trinajstić information content (AvgIpc) is 2.85. The summed E-state index contributed by atoms with van der Waals surface area (Å²) in [5.41, 5.74) is 2.09. The summed E-state index contributed by atoms with van der Waals surface area (Å²) in [6.07, 6.45) is 1.81. The molecule has 2 aromatic rings. The van der Waals surface area contributed by atoms with Crippen molar-refractivity contribution in [1.82, 2.24) is 9.78 Å². The summed E-state index contributed by atoms with van der Waals surface area (Å²) in [7, 11) is 0. The zero-order chi connectivity index (χ0) is 15.2. The molecule has 0 saturated carbocycles. The molecule has 0 aliphatic heterocycles. The second-order valence-corrected chi connectivity index (χ2v) is 5.33. The van der Waals surface area contributed by atoms with E-state index in [4.69, 9.17) is 4.74 Å². The molecule has 0 aliphatic carbocycles. The fourth-order valence-corrected chi connectivity index (χ4v) is 2.80. The number of fused-ring (bicyclic) bond motifs is 1. The van der Waals surface area contributed by atoms with Crippen LogP contribution in [0.5, 0.6) is 0 Å². The minimum absolute atomic E-state index is 0.106. The zero-order valence-corrected chi connectivity index (χ0v) is 13.2. The van der Waals surface area contributed by atoms with Crippen molar-refractivity contribution in [3.05, 3.63) is 30.0 Å². The zero-order valence-electron chi connectivity index (χ0n) is 13.2. The molecule has 2 atom stereocenters. The number of para-hydroxylation sites is 1. The predicted molar refractivity (Wildman–Crippen MR) is 85.4 cm³/mol. The topological polar surface area (TPSA) is 47.3 Å². The average molecular weight is 290 g/mol. The first kappa shape index (κ1) is 16.0. The van der Waals surface area contributed by atoms with E-state index in [1.54, 1.807) is 0 Å². The summed E-state index contributed by atoms with van der Waals surface area (Å²) in [4.78, 5) is 0. The van der Waals surface area contributed by atoms with Crippen molar-refractivity contribution in [2.45, 2.75) is 58.8 Å². The van der Waals surface area contributed by atoms with Crippen LogP contribution < -0.4 is 0 Å². The van der Waals surface area contributed by atoms with Crippen molar-refractivity contribution in [3.8, 4) is 0 Å². The van der Waals surface area contributed by atoms with Crippen molar-refractivity contribution >= 4 is 10.9 Å². The van der Waals surface area contributed by atoms with Crippen LogP contribution in [0.2, 0.25) is 0 Å². The fourth-order valence-electron chi connectivity index (χ4n) is 2.80. The van der Waals surface area contributed by atoms with Gasteiger partial charge >= 0.3 is 0 Å². The molecule has 1 aromatic heterocycles. The van der Waals surface area contributed by atoms with E-state index in [9.17, 15) is 5.11 Å². The molecule has 2 unspecified atom stereocenters. The molecule has 0 aliphatic rings. The first-order chi connectivity index (χ1) is 10.2. The Morgan fingerprint density at radius 1 is 1.24 bits per heavy atom. The summed E-state index contributed by atoms with van der Waals surface area (Å²) in [5.74, 6) is 0. The third-order valence-electron chi connectivity index (χ3n) is 3.82. The molecular weight excluding hydrogens is 264 g/mol. The quantitative estimate of drug-likeness (QED) is 0.812. The maximum atomic E-state index is 10.5. The second-order valence-electron chi connectivity index (χ2n) is 5.33. The number of aliphatic hydroxyl groups is 1. The van der Waals surface area contributed by atoms with E-state index < -0.39 is 6.10 Å². The number of aromatic nitrogens is 2. The molecule has 0 amide bonds. The van der Waals surface area contributed by atoms with Crippen LogP contribution in [0.4, 0.5) is 0 Å². The third kappa shape index (κ3) is 3.63. The summed E-state index contributed by atoms with van der Waals surface area (Å²) < 4.78 is 7.67. The monoisotopic (exact) mass is 290 g/mol. The van der Waals surface area contributed by atoms with Crippen molar-refractivity contribution in [1.29, 1.82) is 0 Å². The Balaban J connectivity index is 2.22. The SMILES string of the molecule is CCCC(OCC)C(O)Cc1nn(CC)c2ccccc12. The smallest absolute Gasteiger partial charge is 0.0858 e. The Kier molecular flexibility index (Phi) is 5.76. The van der Waals surface area contributed by atoms with Gasteiger partial charge in [-0.15, -0.1) is 0 Å². The normalized spacial score (nSPS) is 14.5. The highest BCUT2D eigenvalue weighted by Crippen LogP contribution is 2.21. The van der Waals surface area contributed by atoms with E-state index in [1.165, 1.54) is 0 Å². The molecular formula is C17H26N2O2. The van der Waals surface area contributed by atoms with E-state index in [2.05, 4.69) is 31.1 Å². The molecule has 0 saturated heterocycles. The molecule has 1 aromatic carbocycles. The van der Waals surface area contributed by atoms with E-state index in [1.807, 2.05) is 23.7 Å². The molecule has 2 rings (SSSR count). The number of benzene rings is 1. The Bertz CT molecular complexity index is 559. The molecule has 0 fully saturated rings. The van der Waals surface area contributed by atoms with Crippen LogP contribution in [0.1, 0.15) is 39.3 Å². The van der Waals surface area contributed by atoms with E-state index in [0.29, 0.717) is 13.0 Å². The largest absolute Gasteiger partial charge is 0.390 e. The molecule has 21 heavy (non-hydrogen) atoms. The minimum Gasteiger partial charge on any atom is -0.390 e. The maximum Gasteiger partial charge on any atom is 0.0858 e. The van der Waals surface area contributed by atoms with Gasteiger partial charge in [-0.25, -0.2) is 0 Å². The summed E-state index contributed by atoms with van der Waals surface area (Å²) in [6, 6.07) is 8.20. The lowest BCUT2D eigenvalue weighted by Crippen LogP contribution is -2.31. The third-order valence-corrected chi connectivity index (χ3v) is 3.82. The van der Waals surface area contributed by atoms with Crippen molar-refractivity contribution in [3.63, 3.8) is 0 Å². The first-order valence-corrected chi connectivity index (χ1v) is 7.95. The second kappa shape index (κ2) is 7.57. The highest BCUT2D eigenvalue weighted by atomic mass is 16.5. The summed E-state index contributed by atoms with van der Waals surface area (Å²) in [5, 5.41) is 16.3. The predicted octanol–water partition coefficient (Wildman–Crippen LogP) is 3.16. The van der Waals surface area contributed by atoms with Crippen LogP contribution in [0.15, 0.2) is 24.3 Å². The van der Waals surface area contributed by atoms with Crippen molar-refractivity contribution < 1.29 is 9.84 Å². The van der Waals surface area contributed by atoms with Crippen molar-refractivity contribution in [2.75, 3.05) is 6.61 Å². The van der Waals surface area contributed by atoms with Gasteiger partial charge in [0.05, 0.1) is 23.4 Å². The van der Waals surface area contributed by atoms with E-state index in [-0.39, 0.29) is 6.10 Å². The van der Waals surface area contributed by atoms with Gasteiger partial charge < -0.3 is 9.84 Å². The molecule has 0 bridgehead atoms. The van der Waals surface area contributed by atoms with Gasteiger partial charge in [-0.2, -0.15) is 5.10 Å². The number of hydrogen-bond acceptors (Lipinski definition) is 3. The number of ether oxygens (including phenoxy) is 1. The lowest BCUT2D eigenvalue weighted by Gasteiger charge is -2.21. The lowest BCUT2D eigenvalue weighted by atomic mass is 10.0. The molecule has 1 heterocycles. The van der Waals surface area contributed by atoms with Gasteiger partial charge in [0.25, 0.3) is 0 Å². The number of nitrogens with zero attached hydrogens (tertiary/aromatic N) is 2. The fraction of sp³-hybridized carbons (Fsp3) is 0.588. The van der Waals surface area contributed by atoms with Gasteiger partial charge in [0.2, 0.25) is 0 Å². The Labute approximate surface area is 126 Å². The molecule has 1 N–H and O–H groups in total. The van der Waals surface area contributed by atoms with E-state index >= 15 is 0 Å². The standard InChI is InChI=1S/C17H26N2O2/c1-4-9-17(21-6-3)16(20)12-14-13-10-7-8-11-15(13)19(5-2)18-14/h7-8,10-11,16-17,20H,4-6,9,12H2,1-3H3. The van der Waals surface area contributed by atoms with Gasteiger partial charge in [-0.05, 0) is 26.3 Å². The van der Waals surface area contributed by atoms with Crippen molar-refractivity contribution in [2.24, 2.45) is 0 Å². The van der Waals surface area contributed by atoms with Crippen LogP contribution >= 0.6 is 0 Å². The lowest BCUT2D eigenvalue weighted by molar-refractivity contribution is -0.0366. The number of hydrogen-bond donors (Lipinski definition) is 1. The molecule has 0 spiro atoms. The van der Waals surface area contributed by atoms with Gasteiger partial charge in [-0.1, -0.05) is 31.5 Å². The van der Waals surface area contributed by atoms with Gasteiger partial charge in [0, 0.05) is 25.0 Å². The van der Waals surface area contributed by atoms with Gasteiger partial charge in [0.1, 0.15) is 0 Å². The number of aryl methyl sites for hydroxylation is 1. The molecule has 4 heteroatoms. The maximum absolute atomic E-state index is 10.5. The van der Waals surface area contributed by atoms with Crippen LogP contribution in [-0.2, 0) is 17.7 Å². The number of aliphatic hydroxyl groups excluding tert-OH is 1. The van der Waals surface area contributed by atoms with Gasteiger partial charge in [-0.3, -0.25) is 4.68 Å². The highest BCUT2D eigenvalue weighted by Gasteiger charge is 2.21. The van der Waals surface area contributed by atoms with Crippen LogP contribution in [0.3, 0.4) is 0 Å². The Hall–Kier alpha value is -1.39. The minimum atomic E-state index is -0.506. The number of rotatable bonds is 8. The Morgan fingerprint density at radius 3 is 2.67 bits per heavy atom. The summed E-state index contributed by atoms with van der Waals surface area (Å²) >= 11 is 0. The van der Waals surface area contributed by atoms with E-state index in [0.717, 1.165) is 36.0 Å². The molecule has 4 nitrogen and oxygen atoms in total. The summed E-state index contributed by atoms with van der Waals surface area (Å²) in [6.45, 7) is 7.63. The van der Waals surface area contributed by atoms with Crippen LogP contribution in [-0.4, -0.2) is 33.7 Å². The van der Waals surface area contributed by atoms with Gasteiger partial charge in [0.15, 0.2) is 0 Å². The Morgan fingerprint density at radius 2 is 2.00 bits per heavy atom. The van der Waals surface area contributed by atoms with Crippen LogP contribution in [0.25, 0.3) is 10.9 Å². The first-order valence-electron chi connectivity index (χ1n) is 7.95.